The first-order valence-corrected chi connectivity index (χ1v) is 6.16. The number of carboxylic acid groups (broad SMARTS) is 1. The molecular weight excluding hydrogens is 251 g/mol. The van der Waals surface area contributed by atoms with Crippen LogP contribution in [0.3, 0.4) is 0 Å². The van der Waals surface area contributed by atoms with E-state index in [2.05, 4.69) is 4.98 Å². The van der Waals surface area contributed by atoms with Gasteiger partial charge in [-0.05, 0) is 12.1 Å². The predicted octanol–water partition coefficient (Wildman–Crippen LogP) is 0.220. The lowest BCUT2D eigenvalue weighted by Gasteiger charge is -2.08. The number of aliphatic carboxylic acids is 1. The van der Waals surface area contributed by atoms with E-state index < -0.39 is 32.8 Å². The van der Waals surface area contributed by atoms with Gasteiger partial charge in [0, 0.05) is 12.7 Å². The van der Waals surface area contributed by atoms with Crippen LogP contribution in [0.25, 0.3) is 0 Å². The number of hydrogen-bond acceptors (Lipinski definition) is 4. The molecule has 17 heavy (non-hydrogen) atoms. The van der Waals surface area contributed by atoms with E-state index in [1.807, 2.05) is 4.72 Å². The van der Waals surface area contributed by atoms with Gasteiger partial charge in [0.05, 0.1) is 5.92 Å². The minimum atomic E-state index is -4.12. The van der Waals surface area contributed by atoms with Crippen molar-refractivity contribution in [1.82, 2.24) is 9.71 Å². The molecule has 0 saturated heterocycles. The van der Waals surface area contributed by atoms with Crippen molar-refractivity contribution >= 4 is 16.0 Å². The Balaban J connectivity index is 2.84. The number of nitrogens with one attached hydrogen (secondary N) is 1. The molecule has 6 nitrogen and oxygen atoms in total. The molecular formula is C9H11FN2O4S. The number of carbonyl (C=O) groups is 1. The maximum atomic E-state index is 13.2. The van der Waals surface area contributed by atoms with Crippen molar-refractivity contribution in [2.24, 2.45) is 5.92 Å². The lowest BCUT2D eigenvalue weighted by molar-refractivity contribution is -0.140. The zero-order valence-electron chi connectivity index (χ0n) is 8.92. The van der Waals surface area contributed by atoms with Crippen LogP contribution >= 0.6 is 0 Å². The maximum Gasteiger partial charge on any atom is 0.307 e. The number of pyridine rings is 1. The van der Waals surface area contributed by atoms with Gasteiger partial charge in [0.1, 0.15) is 0 Å². The van der Waals surface area contributed by atoms with E-state index in [0.717, 1.165) is 12.3 Å². The zero-order valence-corrected chi connectivity index (χ0v) is 9.74. The Hall–Kier alpha value is -1.54. The van der Waals surface area contributed by atoms with Crippen LogP contribution in [0.5, 0.6) is 0 Å². The summed E-state index contributed by atoms with van der Waals surface area (Å²) in [5.41, 5.74) is 0. The molecule has 0 bridgehead atoms. The first-order chi connectivity index (χ1) is 7.84. The molecule has 0 saturated carbocycles. The highest BCUT2D eigenvalue weighted by Gasteiger charge is 2.22. The number of halogens is 1. The summed E-state index contributed by atoms with van der Waals surface area (Å²) in [6, 6.07) is 2.22. The SMILES string of the molecule is CC(CNS(=O)(=O)c1ncccc1F)C(=O)O. The summed E-state index contributed by atoms with van der Waals surface area (Å²) in [5, 5.41) is 7.84. The van der Waals surface area contributed by atoms with Crippen molar-refractivity contribution in [3.8, 4) is 0 Å². The van der Waals surface area contributed by atoms with Crippen molar-refractivity contribution in [2.75, 3.05) is 6.54 Å². The highest BCUT2D eigenvalue weighted by atomic mass is 32.2. The molecule has 94 valence electrons. The first-order valence-electron chi connectivity index (χ1n) is 4.67. The van der Waals surface area contributed by atoms with E-state index in [4.69, 9.17) is 5.11 Å². The molecule has 1 atom stereocenters. The van der Waals surface area contributed by atoms with Gasteiger partial charge in [0.2, 0.25) is 5.03 Å². The third-order valence-electron chi connectivity index (χ3n) is 1.98. The summed E-state index contributed by atoms with van der Waals surface area (Å²) in [6.07, 6.45) is 1.14. The Kier molecular flexibility index (Phi) is 4.13. The van der Waals surface area contributed by atoms with Gasteiger partial charge in [-0.2, -0.15) is 0 Å². The molecule has 0 aliphatic rings. The van der Waals surface area contributed by atoms with Gasteiger partial charge < -0.3 is 5.11 Å². The highest BCUT2D eigenvalue weighted by molar-refractivity contribution is 7.89. The minimum Gasteiger partial charge on any atom is -0.481 e. The fourth-order valence-electron chi connectivity index (χ4n) is 0.959. The van der Waals surface area contributed by atoms with Crippen LogP contribution in [0.2, 0.25) is 0 Å². The lowest BCUT2D eigenvalue weighted by atomic mass is 10.2. The average molecular weight is 262 g/mol. The molecule has 0 aromatic carbocycles. The third-order valence-corrected chi connectivity index (χ3v) is 3.34. The molecule has 0 aliphatic carbocycles. The predicted molar refractivity (Wildman–Crippen MR) is 56.2 cm³/mol. The van der Waals surface area contributed by atoms with Crippen molar-refractivity contribution < 1.29 is 22.7 Å². The molecule has 0 spiro atoms. The summed E-state index contributed by atoms with van der Waals surface area (Å²) < 4.78 is 38.3. The topological polar surface area (TPSA) is 96.4 Å². The molecule has 1 aromatic rings. The van der Waals surface area contributed by atoms with Gasteiger partial charge in [0.25, 0.3) is 10.0 Å². The normalized spacial score (nSPS) is 13.3. The Morgan fingerprint density at radius 3 is 2.82 bits per heavy atom. The quantitative estimate of drug-likeness (QED) is 0.791. The first kappa shape index (κ1) is 13.5. The Bertz CT molecular complexity index is 517. The second-order valence-corrected chi connectivity index (χ2v) is 5.06. The van der Waals surface area contributed by atoms with Crippen LogP contribution in [0.1, 0.15) is 6.92 Å². The van der Waals surface area contributed by atoms with Crippen LogP contribution < -0.4 is 4.72 Å². The number of rotatable bonds is 5. The van der Waals surface area contributed by atoms with E-state index in [-0.39, 0.29) is 6.54 Å². The van der Waals surface area contributed by atoms with Gasteiger partial charge in [-0.1, -0.05) is 6.92 Å². The summed E-state index contributed by atoms with van der Waals surface area (Å²) in [5.74, 6) is -3.03. The molecule has 1 unspecified atom stereocenters. The molecule has 2 N–H and O–H groups in total. The van der Waals surface area contributed by atoms with E-state index in [0.29, 0.717) is 0 Å². The van der Waals surface area contributed by atoms with Crippen molar-refractivity contribution in [1.29, 1.82) is 0 Å². The van der Waals surface area contributed by atoms with Crippen molar-refractivity contribution in [3.05, 3.63) is 24.1 Å². The number of nitrogens with zero attached hydrogens (tertiary/aromatic N) is 1. The Morgan fingerprint density at radius 2 is 2.29 bits per heavy atom. The van der Waals surface area contributed by atoms with Gasteiger partial charge in [-0.15, -0.1) is 0 Å². The van der Waals surface area contributed by atoms with Gasteiger partial charge in [-0.25, -0.2) is 22.5 Å². The maximum absolute atomic E-state index is 13.2. The summed E-state index contributed by atoms with van der Waals surface area (Å²) >= 11 is 0. The van der Waals surface area contributed by atoms with Crippen molar-refractivity contribution in [3.63, 3.8) is 0 Å². The van der Waals surface area contributed by atoms with Crippen LogP contribution in [-0.2, 0) is 14.8 Å². The fourth-order valence-corrected chi connectivity index (χ4v) is 2.09. The minimum absolute atomic E-state index is 0.326. The molecule has 1 aromatic heterocycles. The van der Waals surface area contributed by atoms with Crippen LogP contribution in [0, 0.1) is 11.7 Å². The van der Waals surface area contributed by atoms with Gasteiger partial charge in [0.15, 0.2) is 5.82 Å². The molecule has 1 heterocycles. The standard InChI is InChI=1S/C9H11FN2O4S/c1-6(9(13)14)5-12-17(15,16)8-7(10)3-2-4-11-8/h2-4,6,12H,5H2,1H3,(H,13,14). The third kappa shape index (κ3) is 3.46. The lowest BCUT2D eigenvalue weighted by Crippen LogP contribution is -2.32. The number of carboxylic acids is 1. The van der Waals surface area contributed by atoms with Gasteiger partial charge >= 0.3 is 5.97 Å². The average Bonchev–Trinajstić information content (AvgIpc) is 2.26. The van der Waals surface area contributed by atoms with Gasteiger partial charge in [-0.3, -0.25) is 4.79 Å². The number of aromatic nitrogens is 1. The van der Waals surface area contributed by atoms with Crippen LogP contribution in [0.15, 0.2) is 23.4 Å². The Morgan fingerprint density at radius 1 is 1.65 bits per heavy atom. The monoisotopic (exact) mass is 262 g/mol. The Labute approximate surface area is 97.5 Å². The van der Waals surface area contributed by atoms with E-state index in [1.54, 1.807) is 0 Å². The zero-order chi connectivity index (χ0) is 13.1. The van der Waals surface area contributed by atoms with Crippen LogP contribution in [-0.4, -0.2) is 31.0 Å². The van der Waals surface area contributed by atoms with E-state index in [9.17, 15) is 17.6 Å². The summed E-state index contributed by atoms with van der Waals surface area (Å²) in [7, 11) is -4.12. The van der Waals surface area contributed by atoms with E-state index >= 15 is 0 Å². The molecule has 0 fully saturated rings. The second-order valence-electron chi connectivity index (χ2n) is 3.38. The molecule has 1 rings (SSSR count). The van der Waals surface area contributed by atoms with E-state index in [1.165, 1.54) is 13.0 Å². The molecule has 0 amide bonds. The molecule has 8 heteroatoms. The summed E-state index contributed by atoms with van der Waals surface area (Å²) in [4.78, 5) is 13.9. The smallest absolute Gasteiger partial charge is 0.307 e. The molecule has 0 radical (unpaired) electrons. The largest absolute Gasteiger partial charge is 0.481 e. The fraction of sp³-hybridized carbons (Fsp3) is 0.333. The highest BCUT2D eigenvalue weighted by Crippen LogP contribution is 2.09. The summed E-state index contributed by atoms with van der Waals surface area (Å²) in [6.45, 7) is 1.01. The van der Waals surface area contributed by atoms with Crippen LogP contribution in [0.4, 0.5) is 4.39 Å². The second kappa shape index (κ2) is 5.19. The number of sulfonamides is 1. The van der Waals surface area contributed by atoms with Crippen molar-refractivity contribution in [2.45, 2.75) is 11.9 Å². The number of hydrogen-bond donors (Lipinski definition) is 2. The molecule has 0 aliphatic heterocycles.